The maximum Gasteiger partial charge on any atom is 0.319 e. The van der Waals surface area contributed by atoms with Gasteiger partial charge in [-0.25, -0.2) is 4.79 Å². The van der Waals surface area contributed by atoms with Crippen molar-refractivity contribution >= 4 is 23.3 Å². The van der Waals surface area contributed by atoms with E-state index in [1.165, 1.54) is 5.56 Å². The summed E-state index contributed by atoms with van der Waals surface area (Å²) in [7, 11) is 0. The Morgan fingerprint density at radius 3 is 2.64 bits per heavy atom. The zero-order chi connectivity index (χ0) is 17.5. The summed E-state index contributed by atoms with van der Waals surface area (Å²) in [5, 5.41) is 8.56. The Morgan fingerprint density at radius 2 is 1.84 bits per heavy atom. The van der Waals surface area contributed by atoms with Gasteiger partial charge >= 0.3 is 6.03 Å². The summed E-state index contributed by atoms with van der Waals surface area (Å²) in [6, 6.07) is 17.3. The number of urea groups is 1. The van der Waals surface area contributed by atoms with Crippen LogP contribution in [0.4, 0.5) is 16.2 Å². The molecule has 0 aromatic heterocycles. The fourth-order valence-electron chi connectivity index (χ4n) is 2.83. The molecular formula is C19H22N4O2. The highest BCUT2D eigenvalue weighted by molar-refractivity contribution is 5.94. The van der Waals surface area contributed by atoms with Gasteiger partial charge in [0, 0.05) is 19.6 Å². The number of amides is 3. The number of para-hydroxylation sites is 2. The van der Waals surface area contributed by atoms with Crippen molar-refractivity contribution in [3.8, 4) is 0 Å². The van der Waals surface area contributed by atoms with Crippen LogP contribution in [0.2, 0.25) is 0 Å². The topological polar surface area (TPSA) is 73.5 Å². The number of hydrogen-bond acceptors (Lipinski definition) is 3. The van der Waals surface area contributed by atoms with Gasteiger partial charge in [-0.3, -0.25) is 4.79 Å². The predicted octanol–water partition coefficient (Wildman–Crippen LogP) is 1.99. The Hall–Kier alpha value is -3.02. The van der Waals surface area contributed by atoms with E-state index in [1.54, 1.807) is 0 Å². The molecule has 25 heavy (non-hydrogen) atoms. The van der Waals surface area contributed by atoms with Gasteiger partial charge in [0.15, 0.2) is 0 Å². The molecular weight excluding hydrogens is 316 g/mol. The number of carbonyl (C=O) groups excluding carboxylic acids is 2. The monoisotopic (exact) mass is 338 g/mol. The summed E-state index contributed by atoms with van der Waals surface area (Å²) >= 11 is 0. The molecule has 2 aromatic carbocycles. The number of hydrogen-bond donors (Lipinski definition) is 3. The molecule has 0 aliphatic carbocycles. The summed E-state index contributed by atoms with van der Waals surface area (Å²) in [4.78, 5) is 25.8. The van der Waals surface area contributed by atoms with E-state index in [-0.39, 0.29) is 11.9 Å². The molecule has 3 amide bonds. The van der Waals surface area contributed by atoms with Crippen molar-refractivity contribution in [2.24, 2.45) is 0 Å². The first-order valence-corrected chi connectivity index (χ1v) is 8.42. The van der Waals surface area contributed by atoms with E-state index in [0.717, 1.165) is 18.7 Å². The Bertz CT molecular complexity index is 733. The molecule has 0 radical (unpaired) electrons. The SMILES string of the molecule is O=C1CN(c2ccccc2NC(=O)NCCc2ccccc2)CCN1. The molecule has 0 saturated carbocycles. The fraction of sp³-hybridized carbons (Fsp3) is 0.263. The van der Waals surface area contributed by atoms with Crippen molar-refractivity contribution in [3.05, 3.63) is 60.2 Å². The van der Waals surface area contributed by atoms with E-state index in [0.29, 0.717) is 25.3 Å². The van der Waals surface area contributed by atoms with Gasteiger partial charge in [0.25, 0.3) is 0 Å². The van der Waals surface area contributed by atoms with Crippen LogP contribution in [0.5, 0.6) is 0 Å². The lowest BCUT2D eigenvalue weighted by molar-refractivity contribution is -0.120. The third-order valence-corrected chi connectivity index (χ3v) is 4.07. The standard InChI is InChI=1S/C19H22N4O2/c24-18-14-23(13-12-20-18)17-9-5-4-8-16(17)22-19(25)21-11-10-15-6-2-1-3-7-15/h1-9H,10-14H2,(H,20,24)(H2,21,22,25). The zero-order valence-corrected chi connectivity index (χ0v) is 14.0. The van der Waals surface area contributed by atoms with Gasteiger partial charge in [-0.15, -0.1) is 0 Å². The predicted molar refractivity (Wildman–Crippen MR) is 98.8 cm³/mol. The van der Waals surface area contributed by atoms with E-state index in [2.05, 4.69) is 16.0 Å². The molecule has 0 bridgehead atoms. The van der Waals surface area contributed by atoms with Gasteiger partial charge in [0.05, 0.1) is 17.9 Å². The highest BCUT2D eigenvalue weighted by Crippen LogP contribution is 2.25. The zero-order valence-electron chi connectivity index (χ0n) is 14.0. The van der Waals surface area contributed by atoms with Crippen LogP contribution >= 0.6 is 0 Å². The van der Waals surface area contributed by atoms with Gasteiger partial charge in [0.2, 0.25) is 5.91 Å². The smallest absolute Gasteiger partial charge is 0.319 e. The first-order chi connectivity index (χ1) is 12.2. The molecule has 1 fully saturated rings. The van der Waals surface area contributed by atoms with Crippen molar-refractivity contribution in [3.63, 3.8) is 0 Å². The number of nitrogens with zero attached hydrogens (tertiary/aromatic N) is 1. The quantitative estimate of drug-likeness (QED) is 0.780. The lowest BCUT2D eigenvalue weighted by Gasteiger charge is -2.30. The van der Waals surface area contributed by atoms with Crippen molar-refractivity contribution < 1.29 is 9.59 Å². The number of rotatable bonds is 5. The number of carbonyl (C=O) groups is 2. The molecule has 1 heterocycles. The minimum Gasteiger partial charge on any atom is -0.359 e. The minimum absolute atomic E-state index is 0.00614. The van der Waals surface area contributed by atoms with Gasteiger partial charge < -0.3 is 20.9 Å². The van der Waals surface area contributed by atoms with Crippen LogP contribution in [-0.4, -0.2) is 38.1 Å². The number of piperazine rings is 1. The highest BCUT2D eigenvalue weighted by Gasteiger charge is 2.19. The van der Waals surface area contributed by atoms with Crippen molar-refractivity contribution in [1.29, 1.82) is 0 Å². The third-order valence-electron chi connectivity index (χ3n) is 4.07. The Kier molecular flexibility index (Phi) is 5.51. The molecule has 1 aliphatic rings. The maximum atomic E-state index is 12.2. The average Bonchev–Trinajstić information content (AvgIpc) is 2.63. The Morgan fingerprint density at radius 1 is 1.08 bits per heavy atom. The van der Waals surface area contributed by atoms with Crippen LogP contribution < -0.4 is 20.9 Å². The van der Waals surface area contributed by atoms with Crippen LogP contribution in [-0.2, 0) is 11.2 Å². The first kappa shape index (κ1) is 16.8. The summed E-state index contributed by atoms with van der Waals surface area (Å²) in [5.41, 5.74) is 2.74. The molecule has 1 saturated heterocycles. The van der Waals surface area contributed by atoms with Gasteiger partial charge in [0.1, 0.15) is 0 Å². The van der Waals surface area contributed by atoms with Gasteiger partial charge in [-0.2, -0.15) is 0 Å². The first-order valence-electron chi connectivity index (χ1n) is 8.42. The van der Waals surface area contributed by atoms with Crippen LogP contribution in [0.3, 0.4) is 0 Å². The number of nitrogens with one attached hydrogen (secondary N) is 3. The third kappa shape index (κ3) is 4.73. The molecule has 3 N–H and O–H groups in total. The van der Waals surface area contributed by atoms with E-state index in [1.807, 2.05) is 59.5 Å². The van der Waals surface area contributed by atoms with Crippen LogP contribution in [0.15, 0.2) is 54.6 Å². The molecule has 2 aromatic rings. The van der Waals surface area contributed by atoms with Crippen molar-refractivity contribution in [1.82, 2.24) is 10.6 Å². The second kappa shape index (κ2) is 8.19. The minimum atomic E-state index is -0.246. The number of benzene rings is 2. The maximum absolute atomic E-state index is 12.2. The van der Waals surface area contributed by atoms with E-state index in [4.69, 9.17) is 0 Å². The summed E-state index contributed by atoms with van der Waals surface area (Å²) in [6.45, 7) is 2.19. The van der Waals surface area contributed by atoms with Crippen LogP contribution in [0.25, 0.3) is 0 Å². The van der Waals surface area contributed by atoms with Crippen molar-refractivity contribution in [2.75, 3.05) is 36.4 Å². The molecule has 6 heteroatoms. The molecule has 6 nitrogen and oxygen atoms in total. The van der Waals surface area contributed by atoms with E-state index in [9.17, 15) is 9.59 Å². The van der Waals surface area contributed by atoms with Crippen LogP contribution in [0, 0.1) is 0 Å². The molecule has 3 rings (SSSR count). The lowest BCUT2D eigenvalue weighted by Crippen LogP contribution is -2.48. The normalized spacial score (nSPS) is 13.9. The van der Waals surface area contributed by atoms with E-state index < -0.39 is 0 Å². The Balaban J connectivity index is 1.57. The second-order valence-corrected chi connectivity index (χ2v) is 5.91. The van der Waals surface area contributed by atoms with E-state index >= 15 is 0 Å². The second-order valence-electron chi connectivity index (χ2n) is 5.91. The molecule has 0 unspecified atom stereocenters. The molecule has 0 atom stereocenters. The largest absolute Gasteiger partial charge is 0.359 e. The highest BCUT2D eigenvalue weighted by atomic mass is 16.2. The number of anilines is 2. The summed E-state index contributed by atoms with van der Waals surface area (Å²) < 4.78 is 0. The summed E-state index contributed by atoms with van der Waals surface area (Å²) in [5.74, 6) is -0.00614. The van der Waals surface area contributed by atoms with Gasteiger partial charge in [-0.05, 0) is 24.1 Å². The Labute approximate surface area is 147 Å². The molecule has 0 spiro atoms. The van der Waals surface area contributed by atoms with Gasteiger partial charge in [-0.1, -0.05) is 42.5 Å². The molecule has 1 aliphatic heterocycles. The lowest BCUT2D eigenvalue weighted by atomic mass is 10.1. The van der Waals surface area contributed by atoms with Crippen molar-refractivity contribution in [2.45, 2.75) is 6.42 Å². The average molecular weight is 338 g/mol. The van der Waals surface area contributed by atoms with Crippen LogP contribution in [0.1, 0.15) is 5.56 Å². The molecule has 130 valence electrons. The summed E-state index contributed by atoms with van der Waals surface area (Å²) in [6.07, 6.45) is 0.780. The fourth-order valence-corrected chi connectivity index (χ4v) is 2.83.